The number of carboxylic acids is 1. The van der Waals surface area contributed by atoms with Gasteiger partial charge in [-0.2, -0.15) is 0 Å². The molecule has 2 aliphatic rings. The molecule has 2 rings (SSSR count). The van der Waals surface area contributed by atoms with Crippen molar-refractivity contribution in [3.05, 3.63) is 0 Å². The lowest BCUT2D eigenvalue weighted by atomic mass is 9.77. The number of rotatable bonds is 5. The minimum atomic E-state index is -0.840. The van der Waals surface area contributed by atoms with Gasteiger partial charge in [0.1, 0.15) is 5.54 Å². The van der Waals surface area contributed by atoms with E-state index in [2.05, 4.69) is 10.2 Å². The second kappa shape index (κ2) is 6.44. The number of nitrogens with zero attached hydrogens (tertiary/aromatic N) is 1. The third-order valence-corrected chi connectivity index (χ3v) is 4.96. The van der Waals surface area contributed by atoms with Gasteiger partial charge in [-0.3, -0.25) is 15.0 Å². The van der Waals surface area contributed by atoms with Crippen molar-refractivity contribution in [2.75, 3.05) is 13.1 Å². The van der Waals surface area contributed by atoms with E-state index in [-0.39, 0.29) is 6.04 Å². The zero-order valence-corrected chi connectivity index (χ0v) is 13.2. The number of nitrogens with one attached hydrogen (secondary N) is 1. The van der Waals surface area contributed by atoms with E-state index in [4.69, 9.17) is 0 Å². The van der Waals surface area contributed by atoms with Crippen molar-refractivity contribution in [3.8, 4) is 0 Å². The van der Waals surface area contributed by atoms with Gasteiger partial charge in [-0.15, -0.1) is 0 Å². The molecule has 0 amide bonds. The van der Waals surface area contributed by atoms with E-state index < -0.39 is 11.5 Å². The van der Waals surface area contributed by atoms with Crippen molar-refractivity contribution in [3.63, 3.8) is 0 Å². The fourth-order valence-corrected chi connectivity index (χ4v) is 4.14. The van der Waals surface area contributed by atoms with E-state index in [1.807, 2.05) is 20.8 Å². The van der Waals surface area contributed by atoms with Crippen LogP contribution in [0, 0.1) is 5.92 Å². The van der Waals surface area contributed by atoms with Crippen LogP contribution in [0.3, 0.4) is 0 Å². The molecule has 1 aliphatic carbocycles. The summed E-state index contributed by atoms with van der Waals surface area (Å²) >= 11 is 0. The maximum Gasteiger partial charge on any atom is 0.324 e. The summed E-state index contributed by atoms with van der Waals surface area (Å²) in [5.41, 5.74) is -0.840. The van der Waals surface area contributed by atoms with Crippen LogP contribution in [0.5, 0.6) is 0 Å². The number of carbonyl (C=O) groups is 1. The van der Waals surface area contributed by atoms with E-state index >= 15 is 0 Å². The molecule has 4 heteroatoms. The Morgan fingerprint density at radius 3 is 2.60 bits per heavy atom. The Balaban J connectivity index is 2.06. The summed E-state index contributed by atoms with van der Waals surface area (Å²) < 4.78 is 0. The van der Waals surface area contributed by atoms with E-state index in [0.29, 0.717) is 12.6 Å². The SMILES string of the molecule is CC(C)NC(C)(CN1CCC[C@H]2CCCC[C@H]21)C(=O)O. The van der Waals surface area contributed by atoms with Crippen LogP contribution < -0.4 is 5.32 Å². The first-order chi connectivity index (χ1) is 9.42. The van der Waals surface area contributed by atoms with Crippen LogP contribution in [0.2, 0.25) is 0 Å². The van der Waals surface area contributed by atoms with Crippen molar-refractivity contribution >= 4 is 5.97 Å². The molecule has 1 unspecified atom stereocenters. The Bertz CT molecular complexity index is 343. The first kappa shape index (κ1) is 15.8. The Morgan fingerprint density at radius 1 is 1.30 bits per heavy atom. The lowest BCUT2D eigenvalue weighted by Gasteiger charge is -2.47. The maximum absolute atomic E-state index is 11.7. The Hall–Kier alpha value is -0.610. The lowest BCUT2D eigenvalue weighted by Crippen LogP contribution is -2.62. The van der Waals surface area contributed by atoms with Gasteiger partial charge in [0, 0.05) is 18.6 Å². The van der Waals surface area contributed by atoms with Gasteiger partial charge in [-0.05, 0) is 58.9 Å². The molecule has 0 aromatic carbocycles. The highest BCUT2D eigenvalue weighted by atomic mass is 16.4. The standard InChI is InChI=1S/C16H30N2O2/c1-12(2)17-16(3,15(19)20)11-18-10-6-8-13-7-4-5-9-14(13)18/h12-14,17H,4-11H2,1-3H3,(H,19,20)/t13-,14-,16?/m1/s1. The number of fused-ring (bicyclic) bond motifs is 1. The van der Waals surface area contributed by atoms with E-state index in [9.17, 15) is 9.90 Å². The number of hydrogen-bond acceptors (Lipinski definition) is 3. The van der Waals surface area contributed by atoms with Crippen molar-refractivity contribution in [2.45, 2.75) is 76.9 Å². The van der Waals surface area contributed by atoms with Crippen LogP contribution in [0.1, 0.15) is 59.3 Å². The van der Waals surface area contributed by atoms with Gasteiger partial charge in [0.05, 0.1) is 0 Å². The second-order valence-electron chi connectivity index (χ2n) is 7.16. The molecule has 1 heterocycles. The fraction of sp³-hybridized carbons (Fsp3) is 0.938. The van der Waals surface area contributed by atoms with Gasteiger partial charge in [-0.1, -0.05) is 12.8 Å². The van der Waals surface area contributed by atoms with Crippen LogP contribution in [-0.2, 0) is 4.79 Å². The molecule has 116 valence electrons. The molecule has 4 nitrogen and oxygen atoms in total. The molecule has 1 aliphatic heterocycles. The lowest BCUT2D eigenvalue weighted by molar-refractivity contribution is -0.146. The van der Waals surface area contributed by atoms with Gasteiger partial charge < -0.3 is 5.11 Å². The normalized spacial score (nSPS) is 30.8. The first-order valence-corrected chi connectivity index (χ1v) is 8.17. The Labute approximate surface area is 122 Å². The topological polar surface area (TPSA) is 52.6 Å². The molecular formula is C16H30N2O2. The highest BCUT2D eigenvalue weighted by Gasteiger charge is 2.40. The zero-order valence-electron chi connectivity index (χ0n) is 13.2. The average Bonchev–Trinajstić information content (AvgIpc) is 2.38. The summed E-state index contributed by atoms with van der Waals surface area (Å²) in [5, 5.41) is 12.9. The van der Waals surface area contributed by atoms with Gasteiger partial charge >= 0.3 is 5.97 Å². The van der Waals surface area contributed by atoms with Gasteiger partial charge in [0.25, 0.3) is 0 Å². The third-order valence-electron chi connectivity index (χ3n) is 4.96. The molecule has 1 saturated heterocycles. The summed E-state index contributed by atoms with van der Waals surface area (Å²) in [4.78, 5) is 14.2. The van der Waals surface area contributed by atoms with Gasteiger partial charge in [0.15, 0.2) is 0 Å². The van der Waals surface area contributed by atoms with E-state index in [0.717, 1.165) is 12.5 Å². The second-order valence-corrected chi connectivity index (χ2v) is 7.16. The van der Waals surface area contributed by atoms with Crippen molar-refractivity contribution in [1.29, 1.82) is 0 Å². The first-order valence-electron chi connectivity index (χ1n) is 8.17. The molecule has 2 fully saturated rings. The molecular weight excluding hydrogens is 252 g/mol. The molecule has 0 aromatic heterocycles. The fourth-order valence-electron chi connectivity index (χ4n) is 4.14. The highest BCUT2D eigenvalue weighted by Crippen LogP contribution is 2.35. The zero-order chi connectivity index (χ0) is 14.8. The number of carboxylic acid groups (broad SMARTS) is 1. The molecule has 1 saturated carbocycles. The molecule has 20 heavy (non-hydrogen) atoms. The Morgan fingerprint density at radius 2 is 1.95 bits per heavy atom. The summed E-state index contributed by atoms with van der Waals surface area (Å²) in [5.74, 6) is 0.0683. The molecule has 0 spiro atoms. The van der Waals surface area contributed by atoms with E-state index in [1.54, 1.807) is 0 Å². The highest BCUT2D eigenvalue weighted by molar-refractivity contribution is 5.78. The van der Waals surface area contributed by atoms with Crippen molar-refractivity contribution < 1.29 is 9.90 Å². The summed E-state index contributed by atoms with van der Waals surface area (Å²) in [6, 6.07) is 0.799. The summed E-state index contributed by atoms with van der Waals surface area (Å²) in [7, 11) is 0. The maximum atomic E-state index is 11.7. The third kappa shape index (κ3) is 3.53. The quantitative estimate of drug-likeness (QED) is 0.813. The minimum Gasteiger partial charge on any atom is -0.480 e. The van der Waals surface area contributed by atoms with Crippen LogP contribution in [0.15, 0.2) is 0 Å². The molecule has 2 N–H and O–H groups in total. The number of hydrogen-bond donors (Lipinski definition) is 2. The molecule has 0 bridgehead atoms. The monoisotopic (exact) mass is 282 g/mol. The van der Waals surface area contributed by atoms with Crippen LogP contribution in [0.4, 0.5) is 0 Å². The molecule has 0 radical (unpaired) electrons. The smallest absolute Gasteiger partial charge is 0.324 e. The van der Waals surface area contributed by atoms with E-state index in [1.165, 1.54) is 38.5 Å². The number of piperidine rings is 1. The predicted molar refractivity (Wildman–Crippen MR) is 80.9 cm³/mol. The molecule has 0 aromatic rings. The van der Waals surface area contributed by atoms with Crippen molar-refractivity contribution in [2.24, 2.45) is 5.92 Å². The van der Waals surface area contributed by atoms with Crippen molar-refractivity contribution in [1.82, 2.24) is 10.2 Å². The minimum absolute atomic E-state index is 0.183. The number of aliphatic carboxylic acids is 1. The summed E-state index contributed by atoms with van der Waals surface area (Å²) in [6.45, 7) is 7.55. The Kier molecular flexibility index (Phi) is 5.08. The van der Waals surface area contributed by atoms with Gasteiger partial charge in [-0.25, -0.2) is 0 Å². The van der Waals surface area contributed by atoms with Crippen LogP contribution in [-0.4, -0.2) is 46.7 Å². The predicted octanol–water partition coefficient (Wildman–Crippen LogP) is 2.48. The largest absolute Gasteiger partial charge is 0.480 e. The average molecular weight is 282 g/mol. The van der Waals surface area contributed by atoms with Crippen LogP contribution >= 0.6 is 0 Å². The van der Waals surface area contributed by atoms with Gasteiger partial charge in [0.2, 0.25) is 0 Å². The number of likely N-dealkylation sites (tertiary alicyclic amines) is 1. The molecule has 3 atom stereocenters. The van der Waals surface area contributed by atoms with Crippen LogP contribution in [0.25, 0.3) is 0 Å². The summed E-state index contributed by atoms with van der Waals surface area (Å²) in [6.07, 6.45) is 7.81.